The fraction of sp³-hybridized carbons (Fsp3) is 1.00. The van der Waals surface area contributed by atoms with Gasteiger partial charge in [0.2, 0.25) is 0 Å². The smallest absolute Gasteiger partial charge is 0.0756 e. The quantitative estimate of drug-likeness (QED) is 0.754. The van der Waals surface area contributed by atoms with Crippen LogP contribution < -0.4 is 5.32 Å². The zero-order chi connectivity index (χ0) is 11.5. The highest BCUT2D eigenvalue weighted by Crippen LogP contribution is 2.61. The molecule has 5 fully saturated rings. The Morgan fingerprint density at radius 2 is 1.59 bits per heavy atom. The summed E-state index contributed by atoms with van der Waals surface area (Å²) in [6.45, 7) is 4.26. The Bertz CT molecular complexity index is 271. The Morgan fingerprint density at radius 1 is 1.00 bits per heavy atom. The van der Waals surface area contributed by atoms with E-state index in [9.17, 15) is 0 Å². The van der Waals surface area contributed by atoms with Gasteiger partial charge in [-0.15, -0.1) is 0 Å². The number of nitrogens with one attached hydrogen (secondary N) is 1. The average Bonchev–Trinajstić information content (AvgIpc) is 2.27. The van der Waals surface area contributed by atoms with E-state index in [1.807, 2.05) is 0 Å². The van der Waals surface area contributed by atoms with Gasteiger partial charge in [0, 0.05) is 12.6 Å². The minimum atomic E-state index is 0.520. The highest BCUT2D eigenvalue weighted by atomic mass is 16.5. The van der Waals surface area contributed by atoms with Crippen LogP contribution >= 0.6 is 0 Å². The SMILES string of the molecule is CC1COC(C23CC4CC(CC(C4)C2)C3)CN1. The molecule has 96 valence electrons. The molecule has 1 N–H and O–H groups in total. The van der Waals surface area contributed by atoms with Crippen LogP contribution in [-0.2, 0) is 4.74 Å². The molecule has 4 saturated carbocycles. The summed E-state index contributed by atoms with van der Waals surface area (Å²) < 4.78 is 6.21. The lowest BCUT2D eigenvalue weighted by Crippen LogP contribution is -2.58. The fourth-order valence-electron chi connectivity index (χ4n) is 5.65. The van der Waals surface area contributed by atoms with Gasteiger partial charge in [-0.05, 0) is 68.6 Å². The second-order valence-corrected chi connectivity index (χ2v) is 7.41. The Balaban J connectivity index is 1.56. The van der Waals surface area contributed by atoms with Crippen molar-refractivity contribution in [2.24, 2.45) is 23.2 Å². The lowest BCUT2D eigenvalue weighted by atomic mass is 9.48. The van der Waals surface area contributed by atoms with Crippen molar-refractivity contribution >= 4 is 0 Å². The van der Waals surface area contributed by atoms with Crippen LogP contribution in [0.3, 0.4) is 0 Å². The summed E-state index contributed by atoms with van der Waals surface area (Å²) in [4.78, 5) is 0. The van der Waals surface area contributed by atoms with Crippen molar-refractivity contribution in [1.82, 2.24) is 5.32 Å². The lowest BCUT2D eigenvalue weighted by Gasteiger charge is -2.59. The van der Waals surface area contributed by atoms with Gasteiger partial charge in [0.05, 0.1) is 12.7 Å². The monoisotopic (exact) mass is 235 g/mol. The molecule has 5 aliphatic rings. The van der Waals surface area contributed by atoms with Crippen molar-refractivity contribution in [1.29, 1.82) is 0 Å². The molecule has 0 aromatic carbocycles. The molecule has 1 saturated heterocycles. The van der Waals surface area contributed by atoms with E-state index >= 15 is 0 Å². The molecule has 2 nitrogen and oxygen atoms in total. The molecular weight excluding hydrogens is 210 g/mol. The van der Waals surface area contributed by atoms with Crippen molar-refractivity contribution < 1.29 is 4.74 Å². The second-order valence-electron chi connectivity index (χ2n) is 7.41. The van der Waals surface area contributed by atoms with Gasteiger partial charge in [0.1, 0.15) is 0 Å². The minimum absolute atomic E-state index is 0.520. The number of rotatable bonds is 1. The van der Waals surface area contributed by atoms with E-state index in [0.29, 0.717) is 17.6 Å². The predicted octanol–water partition coefficient (Wildman–Crippen LogP) is 2.58. The van der Waals surface area contributed by atoms with Crippen molar-refractivity contribution in [2.75, 3.05) is 13.2 Å². The maximum Gasteiger partial charge on any atom is 0.0756 e. The zero-order valence-electron chi connectivity index (χ0n) is 11.0. The summed E-state index contributed by atoms with van der Waals surface area (Å²) in [5.41, 5.74) is 0.571. The van der Waals surface area contributed by atoms with Crippen LogP contribution in [0.2, 0.25) is 0 Å². The molecular formula is C15H25NO. The van der Waals surface area contributed by atoms with Crippen molar-refractivity contribution in [3.05, 3.63) is 0 Å². The van der Waals surface area contributed by atoms with Gasteiger partial charge < -0.3 is 10.1 Å². The first-order chi connectivity index (χ1) is 8.23. The van der Waals surface area contributed by atoms with Gasteiger partial charge >= 0.3 is 0 Å². The van der Waals surface area contributed by atoms with Crippen molar-refractivity contribution in [3.8, 4) is 0 Å². The van der Waals surface area contributed by atoms with E-state index in [0.717, 1.165) is 30.9 Å². The molecule has 2 unspecified atom stereocenters. The van der Waals surface area contributed by atoms with Crippen LogP contribution in [0.15, 0.2) is 0 Å². The van der Waals surface area contributed by atoms with Gasteiger partial charge in [-0.2, -0.15) is 0 Å². The standard InChI is InChI=1S/C15H25NO/c1-10-9-17-14(8-16-10)15-5-11-2-12(6-15)4-13(3-11)7-15/h10-14,16H,2-9H2,1H3. The van der Waals surface area contributed by atoms with Crippen LogP contribution in [0.1, 0.15) is 45.4 Å². The van der Waals surface area contributed by atoms with E-state index in [2.05, 4.69) is 12.2 Å². The Hall–Kier alpha value is -0.0800. The summed E-state index contributed by atoms with van der Waals surface area (Å²) in [6.07, 6.45) is 9.55. The van der Waals surface area contributed by atoms with Crippen LogP contribution in [-0.4, -0.2) is 25.3 Å². The third-order valence-electron chi connectivity index (χ3n) is 5.97. The van der Waals surface area contributed by atoms with E-state index in [1.165, 1.54) is 38.5 Å². The summed E-state index contributed by atoms with van der Waals surface area (Å²) >= 11 is 0. The van der Waals surface area contributed by atoms with E-state index < -0.39 is 0 Å². The normalized spacial score (nSPS) is 57.4. The number of ether oxygens (including phenoxy) is 1. The highest BCUT2D eigenvalue weighted by Gasteiger charge is 2.54. The van der Waals surface area contributed by atoms with Crippen LogP contribution in [0, 0.1) is 23.2 Å². The fourth-order valence-corrected chi connectivity index (χ4v) is 5.65. The topological polar surface area (TPSA) is 21.3 Å². The number of morpholine rings is 1. The predicted molar refractivity (Wildman–Crippen MR) is 67.8 cm³/mol. The average molecular weight is 235 g/mol. The Kier molecular flexibility index (Phi) is 2.36. The van der Waals surface area contributed by atoms with E-state index in [-0.39, 0.29) is 0 Å². The summed E-state index contributed by atoms with van der Waals surface area (Å²) in [5, 5.41) is 3.63. The van der Waals surface area contributed by atoms with Gasteiger partial charge in [-0.1, -0.05) is 0 Å². The van der Waals surface area contributed by atoms with Crippen LogP contribution in [0.25, 0.3) is 0 Å². The first-order valence-corrected chi connectivity index (χ1v) is 7.58. The maximum atomic E-state index is 6.21. The van der Waals surface area contributed by atoms with Crippen LogP contribution in [0.4, 0.5) is 0 Å². The van der Waals surface area contributed by atoms with E-state index in [1.54, 1.807) is 0 Å². The van der Waals surface area contributed by atoms with Crippen molar-refractivity contribution in [3.63, 3.8) is 0 Å². The Labute approximate surface area is 104 Å². The molecule has 0 spiro atoms. The molecule has 1 heterocycles. The van der Waals surface area contributed by atoms with E-state index in [4.69, 9.17) is 4.74 Å². The third kappa shape index (κ3) is 1.67. The molecule has 5 rings (SSSR count). The summed E-state index contributed by atoms with van der Waals surface area (Å²) in [7, 11) is 0. The molecule has 0 amide bonds. The number of hydrogen-bond acceptors (Lipinski definition) is 2. The molecule has 17 heavy (non-hydrogen) atoms. The van der Waals surface area contributed by atoms with Gasteiger partial charge in [0.25, 0.3) is 0 Å². The summed E-state index contributed by atoms with van der Waals surface area (Å²) in [5.74, 6) is 3.14. The first kappa shape index (κ1) is 10.8. The van der Waals surface area contributed by atoms with Crippen molar-refractivity contribution in [2.45, 2.75) is 57.6 Å². The molecule has 2 atom stereocenters. The van der Waals surface area contributed by atoms with Gasteiger partial charge in [-0.3, -0.25) is 0 Å². The molecule has 0 aromatic rings. The number of hydrogen-bond donors (Lipinski definition) is 1. The lowest BCUT2D eigenvalue weighted by molar-refractivity contribution is -0.154. The summed E-state index contributed by atoms with van der Waals surface area (Å²) in [6, 6.07) is 0.556. The third-order valence-corrected chi connectivity index (χ3v) is 5.97. The van der Waals surface area contributed by atoms with Crippen LogP contribution in [0.5, 0.6) is 0 Å². The molecule has 0 aromatic heterocycles. The molecule has 1 aliphatic heterocycles. The maximum absolute atomic E-state index is 6.21. The molecule has 4 bridgehead atoms. The molecule has 0 radical (unpaired) electrons. The highest BCUT2D eigenvalue weighted by molar-refractivity contribution is 5.05. The first-order valence-electron chi connectivity index (χ1n) is 7.58. The second kappa shape index (κ2) is 3.71. The van der Waals surface area contributed by atoms with Gasteiger partial charge in [-0.25, -0.2) is 0 Å². The Morgan fingerprint density at radius 3 is 2.06 bits per heavy atom. The minimum Gasteiger partial charge on any atom is -0.375 e. The largest absolute Gasteiger partial charge is 0.375 e. The zero-order valence-corrected chi connectivity index (χ0v) is 11.0. The molecule has 2 heteroatoms. The van der Waals surface area contributed by atoms with Gasteiger partial charge in [0.15, 0.2) is 0 Å². The molecule has 4 aliphatic carbocycles.